The van der Waals surface area contributed by atoms with Crippen LogP contribution in [0.25, 0.3) is 11.1 Å². The quantitative estimate of drug-likeness (QED) is 0.275. The number of ether oxygens (including phenoxy) is 1. The number of hydrogen-bond acceptors (Lipinski definition) is 5. The van der Waals surface area contributed by atoms with Gasteiger partial charge in [0.25, 0.3) is 11.8 Å². The summed E-state index contributed by atoms with van der Waals surface area (Å²) in [6.45, 7) is 4.00. The Labute approximate surface area is 241 Å². The van der Waals surface area contributed by atoms with Crippen LogP contribution in [0.15, 0.2) is 72.8 Å². The number of amides is 2. The van der Waals surface area contributed by atoms with Gasteiger partial charge in [-0.15, -0.1) is 0 Å². The predicted octanol–water partition coefficient (Wildman–Crippen LogP) is 5.82. The maximum Gasteiger partial charge on any atom is 0.305 e. The minimum Gasteiger partial charge on any atom is -0.481 e. The van der Waals surface area contributed by atoms with Gasteiger partial charge in [-0.2, -0.15) is 0 Å². The fourth-order valence-corrected chi connectivity index (χ4v) is 4.98. The molecule has 2 N–H and O–H groups in total. The molecule has 3 aromatic rings. The summed E-state index contributed by atoms with van der Waals surface area (Å²) in [4.78, 5) is 41.2. The van der Waals surface area contributed by atoms with Crippen LogP contribution >= 0.6 is 0 Å². The standard InChI is InChI=1S/C33H39N3O5/c1-3-4-18-35(2)29-16-15-27(22-28(29)34-32(39)30-14-9-20-41-30)26-13-8-10-24(21-26)23-36(19-17-31(37)38)33(40)25-11-6-5-7-12-25/h5-8,10-13,15-16,21-22,30H,3-4,9,14,17-20,23H2,1-2H3,(H,34,39)(H,37,38). The first-order valence-corrected chi connectivity index (χ1v) is 14.3. The second-order valence-electron chi connectivity index (χ2n) is 10.4. The molecule has 1 fully saturated rings. The number of carbonyl (C=O) groups excluding carboxylic acids is 2. The number of aliphatic carboxylic acids is 1. The molecule has 0 spiro atoms. The number of unbranched alkanes of at least 4 members (excludes halogenated alkanes) is 1. The van der Waals surface area contributed by atoms with Gasteiger partial charge in [0.1, 0.15) is 6.10 Å². The maximum absolute atomic E-state index is 13.2. The van der Waals surface area contributed by atoms with Gasteiger partial charge in [-0.1, -0.05) is 55.8 Å². The van der Waals surface area contributed by atoms with E-state index in [0.717, 1.165) is 53.9 Å². The minimum atomic E-state index is -0.953. The van der Waals surface area contributed by atoms with E-state index in [0.29, 0.717) is 18.6 Å². The fraction of sp³-hybridized carbons (Fsp3) is 0.364. The lowest BCUT2D eigenvalue weighted by Gasteiger charge is -2.24. The summed E-state index contributed by atoms with van der Waals surface area (Å²) in [5.74, 6) is -1.30. The van der Waals surface area contributed by atoms with E-state index in [1.54, 1.807) is 29.2 Å². The highest BCUT2D eigenvalue weighted by molar-refractivity contribution is 5.98. The summed E-state index contributed by atoms with van der Waals surface area (Å²) in [6.07, 6.45) is 3.13. The van der Waals surface area contributed by atoms with Crippen molar-refractivity contribution in [1.82, 2.24) is 4.90 Å². The number of anilines is 2. The zero-order valence-corrected chi connectivity index (χ0v) is 23.8. The van der Waals surface area contributed by atoms with Crippen LogP contribution in [-0.4, -0.2) is 60.6 Å². The highest BCUT2D eigenvalue weighted by Crippen LogP contribution is 2.32. The third-order valence-electron chi connectivity index (χ3n) is 7.27. The lowest BCUT2D eigenvalue weighted by molar-refractivity contribution is -0.137. The van der Waals surface area contributed by atoms with Crippen molar-refractivity contribution in [2.45, 2.75) is 51.7 Å². The molecule has 1 heterocycles. The molecular formula is C33H39N3O5. The molecule has 8 heteroatoms. The molecule has 0 saturated carbocycles. The zero-order valence-electron chi connectivity index (χ0n) is 23.8. The molecule has 3 aromatic carbocycles. The molecule has 0 bridgehead atoms. The number of nitrogens with one attached hydrogen (secondary N) is 1. The van der Waals surface area contributed by atoms with Crippen molar-refractivity contribution in [2.75, 3.05) is 37.0 Å². The Bertz CT molecular complexity index is 1340. The van der Waals surface area contributed by atoms with Gasteiger partial charge in [0.05, 0.1) is 17.8 Å². The Morgan fingerprint density at radius 1 is 0.976 bits per heavy atom. The van der Waals surface area contributed by atoms with Gasteiger partial charge >= 0.3 is 5.97 Å². The van der Waals surface area contributed by atoms with Gasteiger partial charge in [0.15, 0.2) is 0 Å². The van der Waals surface area contributed by atoms with Crippen LogP contribution in [0.5, 0.6) is 0 Å². The molecule has 0 aromatic heterocycles. The molecule has 0 radical (unpaired) electrons. The van der Waals surface area contributed by atoms with Gasteiger partial charge in [-0.25, -0.2) is 0 Å². The Morgan fingerprint density at radius 2 is 1.76 bits per heavy atom. The molecule has 1 aliphatic rings. The van der Waals surface area contributed by atoms with Crippen molar-refractivity contribution in [3.63, 3.8) is 0 Å². The molecular weight excluding hydrogens is 518 g/mol. The van der Waals surface area contributed by atoms with Crippen molar-refractivity contribution in [3.05, 3.63) is 83.9 Å². The number of hydrogen-bond donors (Lipinski definition) is 2. The van der Waals surface area contributed by atoms with E-state index in [2.05, 4.69) is 17.1 Å². The van der Waals surface area contributed by atoms with Crippen LogP contribution in [0.3, 0.4) is 0 Å². The third kappa shape index (κ3) is 8.17. The lowest BCUT2D eigenvalue weighted by atomic mass is 10.0. The van der Waals surface area contributed by atoms with Crippen LogP contribution in [0.2, 0.25) is 0 Å². The number of rotatable bonds is 13. The van der Waals surface area contributed by atoms with Crippen molar-refractivity contribution in [2.24, 2.45) is 0 Å². The molecule has 1 atom stereocenters. The highest BCUT2D eigenvalue weighted by Gasteiger charge is 2.25. The molecule has 2 amide bonds. The van der Waals surface area contributed by atoms with E-state index in [9.17, 15) is 19.5 Å². The average Bonchev–Trinajstić information content (AvgIpc) is 3.54. The minimum absolute atomic E-state index is 0.103. The van der Waals surface area contributed by atoms with Gasteiger partial charge in [-0.05, 0) is 66.3 Å². The summed E-state index contributed by atoms with van der Waals surface area (Å²) < 4.78 is 5.61. The van der Waals surface area contributed by atoms with Crippen molar-refractivity contribution in [3.8, 4) is 11.1 Å². The first-order valence-electron chi connectivity index (χ1n) is 14.3. The topological polar surface area (TPSA) is 99.2 Å². The number of carboxylic acid groups (broad SMARTS) is 1. The summed E-state index contributed by atoms with van der Waals surface area (Å²) >= 11 is 0. The van der Waals surface area contributed by atoms with Crippen LogP contribution in [0.1, 0.15) is 54.9 Å². The average molecular weight is 558 g/mol. The molecule has 1 saturated heterocycles. The first kappa shape index (κ1) is 29.8. The first-order chi connectivity index (χ1) is 19.9. The van der Waals surface area contributed by atoms with E-state index in [1.807, 2.05) is 55.6 Å². The predicted molar refractivity (Wildman–Crippen MR) is 161 cm³/mol. The van der Waals surface area contributed by atoms with E-state index in [4.69, 9.17) is 4.74 Å². The molecule has 4 rings (SSSR count). The summed E-state index contributed by atoms with van der Waals surface area (Å²) in [6, 6.07) is 22.8. The Kier molecular flexibility index (Phi) is 10.5. The van der Waals surface area contributed by atoms with Crippen molar-refractivity contribution in [1.29, 1.82) is 0 Å². The monoisotopic (exact) mass is 557 g/mol. The van der Waals surface area contributed by atoms with Crippen LogP contribution < -0.4 is 10.2 Å². The Hall–Kier alpha value is -4.17. The zero-order chi connectivity index (χ0) is 29.2. The van der Waals surface area contributed by atoms with Crippen LogP contribution in [-0.2, 0) is 20.9 Å². The molecule has 1 aliphatic heterocycles. The largest absolute Gasteiger partial charge is 0.481 e. The SMILES string of the molecule is CCCCN(C)c1ccc(-c2cccc(CN(CCC(=O)O)C(=O)c3ccccc3)c2)cc1NC(=O)C1CCCO1. The van der Waals surface area contributed by atoms with Gasteiger partial charge in [-0.3, -0.25) is 14.4 Å². The van der Waals surface area contributed by atoms with Crippen LogP contribution in [0, 0.1) is 0 Å². The maximum atomic E-state index is 13.2. The van der Waals surface area contributed by atoms with Crippen molar-refractivity contribution < 1.29 is 24.2 Å². The Balaban J connectivity index is 1.60. The lowest BCUT2D eigenvalue weighted by Crippen LogP contribution is -2.32. The van der Waals surface area contributed by atoms with Gasteiger partial charge < -0.3 is 25.0 Å². The van der Waals surface area contributed by atoms with Gasteiger partial charge in [0.2, 0.25) is 0 Å². The van der Waals surface area contributed by atoms with Crippen LogP contribution in [0.4, 0.5) is 11.4 Å². The second kappa shape index (κ2) is 14.5. The van der Waals surface area contributed by atoms with E-state index in [1.165, 1.54) is 0 Å². The van der Waals surface area contributed by atoms with E-state index >= 15 is 0 Å². The summed E-state index contributed by atoms with van der Waals surface area (Å²) in [5, 5.41) is 12.4. The Morgan fingerprint density at radius 3 is 2.46 bits per heavy atom. The summed E-state index contributed by atoms with van der Waals surface area (Å²) in [5.41, 5.74) is 4.93. The van der Waals surface area contributed by atoms with E-state index < -0.39 is 12.1 Å². The second-order valence-corrected chi connectivity index (χ2v) is 10.4. The molecule has 8 nitrogen and oxygen atoms in total. The fourth-order valence-electron chi connectivity index (χ4n) is 4.98. The third-order valence-corrected chi connectivity index (χ3v) is 7.27. The number of carboxylic acids is 1. The van der Waals surface area contributed by atoms with E-state index in [-0.39, 0.29) is 31.3 Å². The molecule has 216 valence electrons. The number of benzene rings is 3. The van der Waals surface area contributed by atoms with Gasteiger partial charge in [0, 0.05) is 38.9 Å². The molecule has 41 heavy (non-hydrogen) atoms. The smallest absolute Gasteiger partial charge is 0.305 e. The number of nitrogens with zero attached hydrogens (tertiary/aromatic N) is 2. The molecule has 0 aliphatic carbocycles. The molecule has 1 unspecified atom stereocenters. The number of carbonyl (C=O) groups is 3. The highest BCUT2D eigenvalue weighted by atomic mass is 16.5. The normalized spacial score (nSPS) is 14.4. The summed E-state index contributed by atoms with van der Waals surface area (Å²) in [7, 11) is 2.03. The van der Waals surface area contributed by atoms with Crippen molar-refractivity contribution >= 4 is 29.2 Å².